The number of anilines is 1. The fraction of sp³-hybridized carbons (Fsp3) is 0.378. The number of esters is 1. The zero-order valence-corrected chi connectivity index (χ0v) is 29.0. The van der Waals surface area contributed by atoms with Gasteiger partial charge in [0.25, 0.3) is 0 Å². The summed E-state index contributed by atoms with van der Waals surface area (Å²) in [7, 11) is 1.19. The highest BCUT2D eigenvalue weighted by Crippen LogP contribution is 2.29. The van der Waals surface area contributed by atoms with E-state index < -0.39 is 35.4 Å². The highest BCUT2D eigenvalue weighted by atomic mass is 19.1. The average Bonchev–Trinajstić information content (AvgIpc) is 3.65. The Morgan fingerprint density at radius 3 is 2.20 bits per heavy atom. The fourth-order valence-electron chi connectivity index (χ4n) is 5.92. The van der Waals surface area contributed by atoms with Crippen molar-refractivity contribution in [1.82, 2.24) is 31.3 Å². The van der Waals surface area contributed by atoms with E-state index in [0.29, 0.717) is 47.6 Å². The molecule has 1 aromatic heterocycles. The van der Waals surface area contributed by atoms with Crippen molar-refractivity contribution in [3.63, 3.8) is 0 Å². The SMILES string of the molecule is COC(=O)c1ccc(-c2ccc(CC(NC(=O)C3CCC(CNC(=O)OC(C)(C)C)CC3)C(=O)Nc3ccc(-c4nn[nH]n4)cc3)cc2)cc1F. The van der Waals surface area contributed by atoms with Crippen LogP contribution >= 0.6 is 0 Å². The smallest absolute Gasteiger partial charge is 0.407 e. The number of aromatic amines is 1. The number of tetrazole rings is 1. The standard InChI is InChI=1S/C37H42FN7O6/c1-37(2,3)51-36(49)39-21-23-7-11-26(12-8-23)33(46)41-31(34(47)40-28-16-13-25(14-17-28)32-42-44-45-43-32)19-22-5-9-24(10-6-22)27-15-18-29(30(38)20-27)35(48)50-4/h5-6,9-10,13-18,20,23,26,31H,7-8,11-12,19,21H2,1-4H3,(H,39,49)(H,40,47)(H,41,46)(H,42,43,44,45). The van der Waals surface area contributed by atoms with Crippen molar-refractivity contribution in [2.45, 2.75) is 64.5 Å². The van der Waals surface area contributed by atoms with Crippen molar-refractivity contribution in [1.29, 1.82) is 0 Å². The number of benzene rings is 3. The van der Waals surface area contributed by atoms with Crippen LogP contribution in [0.4, 0.5) is 14.9 Å². The molecule has 13 nitrogen and oxygen atoms in total. The van der Waals surface area contributed by atoms with Crippen LogP contribution in [0.25, 0.3) is 22.5 Å². The maximum absolute atomic E-state index is 14.6. The van der Waals surface area contributed by atoms with E-state index in [1.807, 2.05) is 32.9 Å². The molecule has 268 valence electrons. The van der Waals surface area contributed by atoms with E-state index in [1.165, 1.54) is 19.2 Å². The predicted molar refractivity (Wildman–Crippen MR) is 187 cm³/mol. The topological polar surface area (TPSA) is 177 Å². The van der Waals surface area contributed by atoms with Gasteiger partial charge in [-0.05, 0) is 111 Å². The Bertz CT molecular complexity index is 1820. The summed E-state index contributed by atoms with van der Waals surface area (Å²) in [5.74, 6) is -1.70. The molecule has 51 heavy (non-hydrogen) atoms. The van der Waals surface area contributed by atoms with Crippen LogP contribution in [0.1, 0.15) is 62.4 Å². The Morgan fingerprint density at radius 1 is 0.922 bits per heavy atom. The van der Waals surface area contributed by atoms with Gasteiger partial charge in [-0.2, -0.15) is 5.21 Å². The van der Waals surface area contributed by atoms with Gasteiger partial charge in [0.2, 0.25) is 17.6 Å². The molecule has 0 spiro atoms. The number of H-pyrrole nitrogens is 1. The van der Waals surface area contributed by atoms with Gasteiger partial charge in [0.15, 0.2) is 0 Å². The minimum atomic E-state index is -0.899. The summed E-state index contributed by atoms with van der Waals surface area (Å²) in [4.78, 5) is 51.1. The second-order valence-electron chi connectivity index (χ2n) is 13.6. The lowest BCUT2D eigenvalue weighted by atomic mass is 9.81. The van der Waals surface area contributed by atoms with Crippen LogP contribution in [0, 0.1) is 17.7 Å². The number of carbonyl (C=O) groups is 4. The molecule has 3 amide bonds. The first-order chi connectivity index (χ1) is 24.4. The second kappa shape index (κ2) is 16.4. The molecule has 5 rings (SSSR count). The van der Waals surface area contributed by atoms with Crippen LogP contribution < -0.4 is 16.0 Å². The van der Waals surface area contributed by atoms with Gasteiger partial charge in [0.05, 0.1) is 12.7 Å². The zero-order valence-electron chi connectivity index (χ0n) is 29.0. The third kappa shape index (κ3) is 10.2. The number of rotatable bonds is 11. The first kappa shape index (κ1) is 36.6. The van der Waals surface area contributed by atoms with Gasteiger partial charge in [0, 0.05) is 30.1 Å². The number of hydrogen-bond donors (Lipinski definition) is 4. The number of ether oxygens (including phenoxy) is 2. The van der Waals surface area contributed by atoms with Crippen molar-refractivity contribution in [3.05, 3.63) is 83.7 Å². The Labute approximate surface area is 295 Å². The summed E-state index contributed by atoms with van der Waals surface area (Å²) in [5.41, 5.74) is 2.55. The lowest BCUT2D eigenvalue weighted by molar-refractivity contribution is -0.130. The fourth-order valence-corrected chi connectivity index (χ4v) is 5.92. The zero-order chi connectivity index (χ0) is 36.5. The summed E-state index contributed by atoms with van der Waals surface area (Å²) in [6.07, 6.45) is 2.48. The quantitative estimate of drug-likeness (QED) is 0.148. The van der Waals surface area contributed by atoms with Gasteiger partial charge in [-0.1, -0.05) is 30.3 Å². The number of halogens is 1. The summed E-state index contributed by atoms with van der Waals surface area (Å²) in [6, 6.07) is 17.5. The van der Waals surface area contributed by atoms with Gasteiger partial charge in [-0.3, -0.25) is 9.59 Å². The molecule has 1 unspecified atom stereocenters. The van der Waals surface area contributed by atoms with Gasteiger partial charge < -0.3 is 25.4 Å². The lowest BCUT2D eigenvalue weighted by Crippen LogP contribution is -2.48. The molecule has 0 saturated heterocycles. The van der Waals surface area contributed by atoms with Crippen molar-refractivity contribution >= 4 is 29.6 Å². The number of alkyl carbamates (subject to hydrolysis) is 1. The highest BCUT2D eigenvalue weighted by molar-refractivity contribution is 5.98. The first-order valence-electron chi connectivity index (χ1n) is 16.8. The number of nitrogens with one attached hydrogen (secondary N) is 4. The Balaban J connectivity index is 1.25. The van der Waals surface area contributed by atoms with E-state index in [0.717, 1.165) is 18.4 Å². The molecule has 1 atom stereocenters. The van der Waals surface area contributed by atoms with Crippen LogP contribution in [-0.2, 0) is 25.5 Å². The van der Waals surface area contributed by atoms with Crippen LogP contribution in [-0.4, -0.2) is 69.8 Å². The molecule has 1 saturated carbocycles. The second-order valence-corrected chi connectivity index (χ2v) is 13.6. The highest BCUT2D eigenvalue weighted by Gasteiger charge is 2.30. The van der Waals surface area contributed by atoms with Gasteiger partial charge >= 0.3 is 12.1 Å². The van der Waals surface area contributed by atoms with Gasteiger partial charge in [0.1, 0.15) is 17.5 Å². The van der Waals surface area contributed by atoms with Crippen molar-refractivity contribution in [2.75, 3.05) is 19.0 Å². The molecule has 1 fully saturated rings. The largest absolute Gasteiger partial charge is 0.465 e. The summed E-state index contributed by atoms with van der Waals surface area (Å²) < 4.78 is 24.5. The lowest BCUT2D eigenvalue weighted by Gasteiger charge is -2.29. The van der Waals surface area contributed by atoms with E-state index in [1.54, 1.807) is 42.5 Å². The normalized spacial score (nSPS) is 16.4. The summed E-state index contributed by atoms with van der Waals surface area (Å²) in [6.45, 7) is 5.90. The number of amides is 3. The maximum Gasteiger partial charge on any atom is 0.407 e. The number of carbonyl (C=O) groups excluding carboxylic acids is 4. The van der Waals surface area contributed by atoms with Gasteiger partial charge in [-0.25, -0.2) is 14.0 Å². The Kier molecular flexibility index (Phi) is 11.7. The molecule has 4 aromatic rings. The number of nitrogens with zero attached hydrogens (tertiary/aromatic N) is 3. The average molecular weight is 700 g/mol. The third-order valence-corrected chi connectivity index (χ3v) is 8.64. The maximum atomic E-state index is 14.6. The molecule has 0 radical (unpaired) electrons. The molecule has 1 heterocycles. The van der Waals surface area contributed by atoms with E-state index >= 15 is 0 Å². The number of methoxy groups -OCH3 is 1. The molecule has 3 aromatic carbocycles. The Hall–Kier alpha value is -5.66. The summed E-state index contributed by atoms with van der Waals surface area (Å²) in [5, 5.41) is 22.6. The molecule has 0 bridgehead atoms. The van der Waals surface area contributed by atoms with Crippen molar-refractivity contribution in [2.24, 2.45) is 11.8 Å². The number of hydrogen-bond acceptors (Lipinski definition) is 9. The van der Waals surface area contributed by atoms with Crippen LogP contribution in [0.2, 0.25) is 0 Å². The van der Waals surface area contributed by atoms with E-state index in [9.17, 15) is 23.6 Å². The van der Waals surface area contributed by atoms with Crippen LogP contribution in [0.15, 0.2) is 66.7 Å². The van der Waals surface area contributed by atoms with Crippen molar-refractivity contribution < 1.29 is 33.0 Å². The van der Waals surface area contributed by atoms with E-state index in [4.69, 9.17) is 4.74 Å². The minimum absolute atomic E-state index is 0.155. The Morgan fingerprint density at radius 2 is 1.59 bits per heavy atom. The molecule has 0 aliphatic heterocycles. The monoisotopic (exact) mass is 699 g/mol. The molecule has 14 heteroatoms. The van der Waals surface area contributed by atoms with E-state index in [-0.39, 0.29) is 29.7 Å². The molecular formula is C37H42FN7O6. The molecule has 4 N–H and O–H groups in total. The molecule has 1 aliphatic carbocycles. The van der Waals surface area contributed by atoms with Crippen molar-refractivity contribution in [3.8, 4) is 22.5 Å². The first-order valence-corrected chi connectivity index (χ1v) is 16.8. The van der Waals surface area contributed by atoms with Crippen LogP contribution in [0.5, 0.6) is 0 Å². The molecular weight excluding hydrogens is 657 g/mol. The van der Waals surface area contributed by atoms with E-state index in [2.05, 4.69) is 41.3 Å². The summed E-state index contributed by atoms with van der Waals surface area (Å²) >= 11 is 0. The third-order valence-electron chi connectivity index (χ3n) is 8.64. The molecule has 1 aliphatic rings. The van der Waals surface area contributed by atoms with Gasteiger partial charge in [-0.15, -0.1) is 10.2 Å². The minimum Gasteiger partial charge on any atom is -0.465 e. The predicted octanol–water partition coefficient (Wildman–Crippen LogP) is 5.46. The van der Waals surface area contributed by atoms with Crippen LogP contribution in [0.3, 0.4) is 0 Å². The number of aromatic nitrogens is 4.